The maximum atomic E-state index is 11.5. The molecular weight excluding hydrogens is 264 g/mol. The molecule has 0 unspecified atom stereocenters. The summed E-state index contributed by atoms with van der Waals surface area (Å²) in [5, 5.41) is 16.4. The van der Waals surface area contributed by atoms with E-state index >= 15 is 0 Å². The van der Waals surface area contributed by atoms with Crippen LogP contribution in [-0.4, -0.2) is 47.5 Å². The third kappa shape index (κ3) is 3.77. The molecule has 2 N–H and O–H groups in total. The van der Waals surface area contributed by atoms with Gasteiger partial charge in [0.2, 0.25) is 17.7 Å². The third-order valence-electron chi connectivity index (χ3n) is 2.58. The Morgan fingerprint density at radius 3 is 2.70 bits per heavy atom. The van der Waals surface area contributed by atoms with Gasteiger partial charge in [-0.2, -0.15) is 4.98 Å². The van der Waals surface area contributed by atoms with Crippen molar-refractivity contribution in [3.63, 3.8) is 0 Å². The molecule has 9 heteroatoms. The first-order chi connectivity index (χ1) is 9.53. The van der Waals surface area contributed by atoms with Crippen molar-refractivity contribution in [3.05, 3.63) is 16.3 Å². The Hall–Kier alpha value is -2.45. The summed E-state index contributed by atoms with van der Waals surface area (Å²) in [5.41, 5.74) is -0.225. The highest BCUT2D eigenvalue weighted by molar-refractivity contribution is 5.81. The molecule has 1 heterocycles. The third-order valence-corrected chi connectivity index (χ3v) is 2.58. The van der Waals surface area contributed by atoms with Crippen LogP contribution < -0.4 is 15.5 Å². The van der Waals surface area contributed by atoms with Gasteiger partial charge in [-0.05, 0) is 13.8 Å². The van der Waals surface area contributed by atoms with Gasteiger partial charge >= 0.3 is 5.69 Å². The highest BCUT2D eigenvalue weighted by Crippen LogP contribution is 2.25. The minimum absolute atomic E-state index is 0.00355. The van der Waals surface area contributed by atoms with E-state index in [-0.39, 0.29) is 24.0 Å². The Morgan fingerprint density at radius 2 is 2.20 bits per heavy atom. The van der Waals surface area contributed by atoms with Crippen LogP contribution in [0.3, 0.4) is 0 Å². The zero-order chi connectivity index (χ0) is 15.1. The SMILES string of the molecule is CCNc1ncc([N+](=O)[O-])c(N(CC)CC(=O)NC)n1. The van der Waals surface area contributed by atoms with Crippen LogP contribution in [0.1, 0.15) is 13.8 Å². The van der Waals surface area contributed by atoms with Crippen molar-refractivity contribution in [1.82, 2.24) is 15.3 Å². The fraction of sp³-hybridized carbons (Fsp3) is 0.545. The van der Waals surface area contributed by atoms with Gasteiger partial charge in [-0.15, -0.1) is 0 Å². The van der Waals surface area contributed by atoms with Crippen LogP contribution >= 0.6 is 0 Å². The van der Waals surface area contributed by atoms with Gasteiger partial charge in [-0.25, -0.2) is 4.98 Å². The van der Waals surface area contributed by atoms with E-state index in [2.05, 4.69) is 20.6 Å². The molecule has 1 aromatic rings. The minimum atomic E-state index is -0.558. The first-order valence-electron chi connectivity index (χ1n) is 6.24. The number of carbonyl (C=O) groups excluding carboxylic acids is 1. The van der Waals surface area contributed by atoms with E-state index in [1.54, 1.807) is 6.92 Å². The second kappa shape index (κ2) is 7.22. The number of nitro groups is 1. The number of nitrogens with one attached hydrogen (secondary N) is 2. The first-order valence-corrected chi connectivity index (χ1v) is 6.24. The molecule has 0 spiro atoms. The Balaban J connectivity index is 3.17. The highest BCUT2D eigenvalue weighted by atomic mass is 16.6. The predicted molar refractivity (Wildman–Crippen MR) is 74.8 cm³/mol. The smallest absolute Gasteiger partial charge is 0.329 e. The van der Waals surface area contributed by atoms with Gasteiger partial charge in [0.05, 0.1) is 11.5 Å². The van der Waals surface area contributed by atoms with Crippen LogP contribution in [0.2, 0.25) is 0 Å². The molecule has 1 amide bonds. The maximum absolute atomic E-state index is 11.5. The number of likely N-dealkylation sites (N-methyl/N-ethyl adjacent to an activating group) is 2. The summed E-state index contributed by atoms with van der Waals surface area (Å²) in [6.45, 7) is 4.67. The van der Waals surface area contributed by atoms with Crippen LogP contribution in [0.4, 0.5) is 17.5 Å². The Morgan fingerprint density at radius 1 is 1.50 bits per heavy atom. The van der Waals surface area contributed by atoms with Gasteiger partial charge in [-0.3, -0.25) is 14.9 Å². The number of nitrogens with zero attached hydrogens (tertiary/aromatic N) is 4. The fourth-order valence-electron chi connectivity index (χ4n) is 1.56. The molecule has 0 bridgehead atoms. The van der Waals surface area contributed by atoms with E-state index in [4.69, 9.17) is 0 Å². The molecule has 0 saturated heterocycles. The van der Waals surface area contributed by atoms with Crippen LogP contribution in [0, 0.1) is 10.1 Å². The molecule has 0 aliphatic carbocycles. The average molecular weight is 282 g/mol. The van der Waals surface area contributed by atoms with Gasteiger partial charge in [0.15, 0.2) is 0 Å². The van der Waals surface area contributed by atoms with E-state index < -0.39 is 4.92 Å². The lowest BCUT2D eigenvalue weighted by atomic mass is 10.4. The monoisotopic (exact) mass is 282 g/mol. The standard InChI is InChI=1S/C11H18N6O3/c1-4-13-11-14-6-8(17(19)20)10(15-11)16(5-2)7-9(18)12-3/h6H,4-5,7H2,1-3H3,(H,12,18)(H,13,14,15). The van der Waals surface area contributed by atoms with E-state index in [0.717, 1.165) is 6.20 Å². The summed E-state index contributed by atoms with van der Waals surface area (Å²) < 4.78 is 0. The summed E-state index contributed by atoms with van der Waals surface area (Å²) >= 11 is 0. The topological polar surface area (TPSA) is 113 Å². The molecule has 0 aromatic carbocycles. The number of rotatable bonds is 7. The largest absolute Gasteiger partial charge is 0.358 e. The maximum Gasteiger partial charge on any atom is 0.329 e. The number of hydrogen-bond acceptors (Lipinski definition) is 7. The molecule has 110 valence electrons. The van der Waals surface area contributed by atoms with Crippen molar-refractivity contribution >= 4 is 23.4 Å². The lowest BCUT2D eigenvalue weighted by Gasteiger charge is -2.20. The van der Waals surface area contributed by atoms with Crippen LogP contribution in [0.15, 0.2) is 6.20 Å². The van der Waals surface area contributed by atoms with Crippen LogP contribution in [0.25, 0.3) is 0 Å². The van der Waals surface area contributed by atoms with E-state index in [9.17, 15) is 14.9 Å². The van der Waals surface area contributed by atoms with Gasteiger partial charge in [0.1, 0.15) is 6.20 Å². The number of amides is 1. The quantitative estimate of drug-likeness (QED) is 0.549. The summed E-state index contributed by atoms with van der Waals surface area (Å²) in [5.74, 6) is 0.181. The second-order valence-electron chi connectivity index (χ2n) is 3.88. The molecule has 0 aliphatic heterocycles. The van der Waals surface area contributed by atoms with E-state index in [1.165, 1.54) is 11.9 Å². The van der Waals surface area contributed by atoms with Gasteiger partial charge in [0, 0.05) is 20.1 Å². The predicted octanol–water partition coefficient (Wildman–Crippen LogP) is 0.389. The zero-order valence-corrected chi connectivity index (χ0v) is 11.7. The Bertz CT molecular complexity index is 493. The van der Waals surface area contributed by atoms with Crippen LogP contribution in [0.5, 0.6) is 0 Å². The number of carbonyl (C=O) groups is 1. The number of hydrogen-bond donors (Lipinski definition) is 2. The number of anilines is 2. The fourth-order valence-corrected chi connectivity index (χ4v) is 1.56. The molecule has 0 saturated carbocycles. The van der Waals surface area contributed by atoms with Crippen molar-refractivity contribution in [1.29, 1.82) is 0 Å². The van der Waals surface area contributed by atoms with Crippen LogP contribution in [-0.2, 0) is 4.79 Å². The Kier molecular flexibility index (Phi) is 5.63. The average Bonchev–Trinajstić information content (AvgIpc) is 2.44. The zero-order valence-electron chi connectivity index (χ0n) is 11.7. The van der Waals surface area contributed by atoms with Gasteiger partial charge in [-0.1, -0.05) is 0 Å². The second-order valence-corrected chi connectivity index (χ2v) is 3.88. The molecule has 9 nitrogen and oxygen atoms in total. The normalized spacial score (nSPS) is 9.95. The molecule has 0 radical (unpaired) electrons. The summed E-state index contributed by atoms with van der Waals surface area (Å²) in [6, 6.07) is 0. The molecule has 20 heavy (non-hydrogen) atoms. The summed E-state index contributed by atoms with van der Waals surface area (Å²) in [7, 11) is 1.51. The first kappa shape index (κ1) is 15.6. The highest BCUT2D eigenvalue weighted by Gasteiger charge is 2.23. The van der Waals surface area contributed by atoms with Crippen molar-refractivity contribution in [2.45, 2.75) is 13.8 Å². The van der Waals surface area contributed by atoms with Crippen molar-refractivity contribution in [2.24, 2.45) is 0 Å². The molecule has 0 aliphatic rings. The molecule has 0 atom stereocenters. The lowest BCUT2D eigenvalue weighted by molar-refractivity contribution is -0.384. The van der Waals surface area contributed by atoms with Crippen molar-refractivity contribution in [3.8, 4) is 0 Å². The van der Waals surface area contributed by atoms with E-state index in [1.807, 2.05) is 6.92 Å². The van der Waals surface area contributed by atoms with Crippen molar-refractivity contribution < 1.29 is 9.72 Å². The molecule has 0 fully saturated rings. The number of aromatic nitrogens is 2. The molecular formula is C11H18N6O3. The molecule has 1 rings (SSSR count). The lowest BCUT2D eigenvalue weighted by Crippen LogP contribution is -2.36. The Labute approximate surface area is 116 Å². The van der Waals surface area contributed by atoms with Gasteiger partial charge < -0.3 is 15.5 Å². The van der Waals surface area contributed by atoms with Gasteiger partial charge in [0.25, 0.3) is 0 Å². The van der Waals surface area contributed by atoms with E-state index in [0.29, 0.717) is 19.0 Å². The summed E-state index contributed by atoms with van der Waals surface area (Å²) in [4.78, 5) is 31.5. The van der Waals surface area contributed by atoms with Crippen molar-refractivity contribution in [2.75, 3.05) is 36.9 Å². The minimum Gasteiger partial charge on any atom is -0.358 e. The molecule has 1 aromatic heterocycles. The summed E-state index contributed by atoms with van der Waals surface area (Å²) in [6.07, 6.45) is 1.15.